The van der Waals surface area contributed by atoms with Gasteiger partial charge in [0.2, 0.25) is 17.7 Å². The quantitative estimate of drug-likeness (QED) is 0.336. The molecule has 9 heteroatoms. The number of aromatic amines is 1. The Kier molecular flexibility index (Phi) is 5.12. The maximum absolute atomic E-state index is 14.4. The number of benzene rings is 3. The van der Waals surface area contributed by atoms with Gasteiger partial charge in [-0.25, -0.2) is 4.90 Å². The molecule has 1 aromatic heterocycles. The lowest BCUT2D eigenvalue weighted by atomic mass is 9.76. The van der Waals surface area contributed by atoms with E-state index in [2.05, 4.69) is 22.5 Å². The summed E-state index contributed by atoms with van der Waals surface area (Å²) in [5.41, 5.74) is 3.52. The summed E-state index contributed by atoms with van der Waals surface area (Å²) in [7, 11) is 0. The van der Waals surface area contributed by atoms with E-state index in [4.69, 9.17) is 9.47 Å². The molecule has 4 aliphatic heterocycles. The zero-order valence-corrected chi connectivity index (χ0v) is 22.4. The van der Waals surface area contributed by atoms with Gasteiger partial charge in [-0.2, -0.15) is 0 Å². The number of rotatable bonds is 4. The van der Waals surface area contributed by atoms with Crippen LogP contribution < -0.4 is 25.0 Å². The lowest BCUT2D eigenvalue weighted by molar-refractivity contribution is -0.130. The standard InChI is InChI=1S/C32H28N4O5/c1-2-17-7-9-23-21(13-17)32(31(39)34-23)28-27(24(35-32)14-18-16-33-22-6-4-3-5-20(18)22)29(37)36(30(28)38)19-8-10-25-26(15-19)41-12-11-40-25/h3-10,13,15-16,24,27-28,33,35H,2,11-12,14H2,1H3,(H,34,39)/t24?,27-,28+,32?/m1/s1. The highest BCUT2D eigenvalue weighted by molar-refractivity contribution is 6.26. The number of anilines is 2. The Bertz CT molecular complexity index is 1780. The minimum atomic E-state index is -1.36. The monoisotopic (exact) mass is 548 g/mol. The van der Waals surface area contributed by atoms with E-state index in [1.165, 1.54) is 4.90 Å². The van der Waals surface area contributed by atoms with E-state index in [-0.39, 0.29) is 11.8 Å². The van der Waals surface area contributed by atoms with Gasteiger partial charge < -0.3 is 19.8 Å². The molecule has 0 saturated carbocycles. The fourth-order valence-electron chi connectivity index (χ4n) is 7.21. The average Bonchev–Trinajstić information content (AvgIpc) is 3.71. The van der Waals surface area contributed by atoms with E-state index in [0.29, 0.717) is 42.5 Å². The van der Waals surface area contributed by atoms with Crippen LogP contribution in [0, 0.1) is 11.8 Å². The first-order chi connectivity index (χ1) is 20.0. The predicted octanol–water partition coefficient (Wildman–Crippen LogP) is 3.67. The zero-order valence-electron chi connectivity index (χ0n) is 22.4. The summed E-state index contributed by atoms with van der Waals surface area (Å²) < 4.78 is 11.4. The predicted molar refractivity (Wildman–Crippen MR) is 152 cm³/mol. The smallest absolute Gasteiger partial charge is 0.250 e. The molecule has 0 radical (unpaired) electrons. The molecule has 8 rings (SSSR count). The number of fused-ring (bicyclic) bond motifs is 6. The van der Waals surface area contributed by atoms with Gasteiger partial charge in [0.25, 0.3) is 0 Å². The molecule has 4 aliphatic rings. The van der Waals surface area contributed by atoms with Gasteiger partial charge in [0.15, 0.2) is 11.5 Å². The molecule has 3 aromatic carbocycles. The minimum Gasteiger partial charge on any atom is -0.486 e. The Hall–Kier alpha value is -4.63. The molecule has 206 valence electrons. The largest absolute Gasteiger partial charge is 0.486 e. The summed E-state index contributed by atoms with van der Waals surface area (Å²) in [5.74, 6) is -1.60. The number of aromatic nitrogens is 1. The Balaban J connectivity index is 1.27. The third kappa shape index (κ3) is 3.29. The SMILES string of the molecule is CCc1ccc2c(c1)C1(NC(Cc3c[nH]c4ccccc34)[C@H]3C(=O)N(c4ccc5c(c4)OCCO5)C(=O)[C@H]31)C(=O)N2. The Morgan fingerprint density at radius 3 is 2.63 bits per heavy atom. The van der Waals surface area contributed by atoms with Gasteiger partial charge >= 0.3 is 0 Å². The number of carbonyl (C=O) groups excluding carboxylic acids is 3. The molecule has 5 heterocycles. The molecule has 1 spiro atoms. The van der Waals surface area contributed by atoms with Crippen LogP contribution in [0.15, 0.2) is 66.9 Å². The average molecular weight is 549 g/mol. The van der Waals surface area contributed by atoms with Crippen molar-refractivity contribution in [1.29, 1.82) is 0 Å². The first-order valence-electron chi connectivity index (χ1n) is 14.0. The highest BCUT2D eigenvalue weighted by atomic mass is 16.6. The second-order valence-electron chi connectivity index (χ2n) is 11.2. The molecule has 2 unspecified atom stereocenters. The van der Waals surface area contributed by atoms with Gasteiger partial charge in [0.05, 0.1) is 17.5 Å². The number of H-pyrrole nitrogens is 1. The van der Waals surface area contributed by atoms with Crippen LogP contribution >= 0.6 is 0 Å². The van der Waals surface area contributed by atoms with E-state index in [1.54, 1.807) is 18.2 Å². The maximum Gasteiger partial charge on any atom is 0.250 e. The summed E-state index contributed by atoms with van der Waals surface area (Å²) in [6.45, 7) is 2.88. The number of aryl methyl sites for hydroxylation is 1. The molecule has 0 bridgehead atoms. The van der Waals surface area contributed by atoms with Crippen molar-refractivity contribution in [2.45, 2.75) is 31.3 Å². The number of hydrogen-bond donors (Lipinski definition) is 3. The number of carbonyl (C=O) groups is 3. The summed E-state index contributed by atoms with van der Waals surface area (Å²) in [6.07, 6.45) is 3.20. The first kappa shape index (κ1) is 24.2. The summed E-state index contributed by atoms with van der Waals surface area (Å²) in [6, 6.07) is 18.5. The van der Waals surface area contributed by atoms with E-state index < -0.39 is 29.3 Å². The zero-order chi connectivity index (χ0) is 27.9. The number of imide groups is 1. The van der Waals surface area contributed by atoms with Gasteiger partial charge in [0.1, 0.15) is 18.8 Å². The fraction of sp³-hybridized carbons (Fsp3) is 0.281. The minimum absolute atomic E-state index is 0.303. The van der Waals surface area contributed by atoms with Crippen LogP contribution in [0.5, 0.6) is 11.5 Å². The number of nitrogens with zero attached hydrogens (tertiary/aromatic N) is 1. The Morgan fingerprint density at radius 1 is 0.951 bits per heavy atom. The second-order valence-corrected chi connectivity index (χ2v) is 11.2. The molecule has 9 nitrogen and oxygen atoms in total. The van der Waals surface area contributed by atoms with E-state index >= 15 is 0 Å². The van der Waals surface area contributed by atoms with Crippen molar-refractivity contribution >= 4 is 40.0 Å². The van der Waals surface area contributed by atoms with Crippen molar-refractivity contribution in [3.8, 4) is 11.5 Å². The van der Waals surface area contributed by atoms with Crippen LogP contribution in [0.25, 0.3) is 10.9 Å². The van der Waals surface area contributed by atoms with Crippen LogP contribution in [-0.2, 0) is 32.8 Å². The van der Waals surface area contributed by atoms with Crippen molar-refractivity contribution in [2.75, 3.05) is 23.4 Å². The van der Waals surface area contributed by atoms with Gasteiger partial charge in [-0.05, 0) is 48.2 Å². The first-order valence-corrected chi connectivity index (χ1v) is 14.0. The van der Waals surface area contributed by atoms with Gasteiger partial charge in [-0.3, -0.25) is 19.7 Å². The van der Waals surface area contributed by atoms with Crippen molar-refractivity contribution in [1.82, 2.24) is 10.3 Å². The highest BCUT2D eigenvalue weighted by Crippen LogP contribution is 2.54. The number of amides is 3. The molecule has 41 heavy (non-hydrogen) atoms. The van der Waals surface area contributed by atoms with Crippen molar-refractivity contribution in [3.63, 3.8) is 0 Å². The van der Waals surface area contributed by atoms with E-state index in [1.807, 2.05) is 48.7 Å². The van der Waals surface area contributed by atoms with Crippen molar-refractivity contribution in [3.05, 3.63) is 83.6 Å². The molecular formula is C32H28N4O5. The lowest BCUT2D eigenvalue weighted by Gasteiger charge is -2.30. The topological polar surface area (TPSA) is 113 Å². The van der Waals surface area contributed by atoms with Gasteiger partial charge in [0, 0.05) is 40.5 Å². The second kappa shape index (κ2) is 8.68. The summed E-state index contributed by atoms with van der Waals surface area (Å²) in [5, 5.41) is 7.63. The van der Waals surface area contributed by atoms with Crippen molar-refractivity contribution < 1.29 is 23.9 Å². The van der Waals surface area contributed by atoms with Crippen molar-refractivity contribution in [2.24, 2.45) is 11.8 Å². The molecule has 3 N–H and O–H groups in total. The third-order valence-corrected chi connectivity index (χ3v) is 9.09. The van der Waals surface area contributed by atoms with Crippen LogP contribution in [0.3, 0.4) is 0 Å². The Labute approximate surface area is 235 Å². The van der Waals surface area contributed by atoms with Crippen LogP contribution in [-0.4, -0.2) is 42.0 Å². The number of para-hydroxylation sites is 1. The van der Waals surface area contributed by atoms with Gasteiger partial charge in [-0.15, -0.1) is 0 Å². The van der Waals surface area contributed by atoms with Crippen LogP contribution in [0.1, 0.15) is 23.6 Å². The molecule has 3 amide bonds. The summed E-state index contributed by atoms with van der Waals surface area (Å²) >= 11 is 0. The number of nitrogens with one attached hydrogen (secondary N) is 3. The third-order valence-electron chi connectivity index (χ3n) is 9.09. The normalized spacial score (nSPS) is 26.1. The lowest BCUT2D eigenvalue weighted by Crippen LogP contribution is -2.53. The Morgan fingerprint density at radius 2 is 1.78 bits per heavy atom. The molecular weight excluding hydrogens is 520 g/mol. The summed E-state index contributed by atoms with van der Waals surface area (Å²) in [4.78, 5) is 47.2. The molecule has 4 aromatic rings. The fourth-order valence-corrected chi connectivity index (χ4v) is 7.21. The van der Waals surface area contributed by atoms with Crippen LogP contribution in [0.4, 0.5) is 11.4 Å². The molecule has 0 aliphatic carbocycles. The van der Waals surface area contributed by atoms with Crippen LogP contribution in [0.2, 0.25) is 0 Å². The highest BCUT2D eigenvalue weighted by Gasteiger charge is 2.70. The number of ether oxygens (including phenoxy) is 2. The molecule has 2 saturated heterocycles. The van der Waals surface area contributed by atoms with Gasteiger partial charge in [-0.1, -0.05) is 37.3 Å². The van der Waals surface area contributed by atoms with E-state index in [0.717, 1.165) is 34.0 Å². The van der Waals surface area contributed by atoms with E-state index in [9.17, 15) is 14.4 Å². The molecule has 4 atom stereocenters. The molecule has 2 fully saturated rings. The number of hydrogen-bond acceptors (Lipinski definition) is 6. The maximum atomic E-state index is 14.4.